The summed E-state index contributed by atoms with van der Waals surface area (Å²) in [6, 6.07) is 9.09. The van der Waals surface area contributed by atoms with Gasteiger partial charge in [0.15, 0.2) is 0 Å². The van der Waals surface area contributed by atoms with Gasteiger partial charge in [-0.3, -0.25) is 14.6 Å². The summed E-state index contributed by atoms with van der Waals surface area (Å²) < 4.78 is 6.61. The van der Waals surface area contributed by atoms with Crippen molar-refractivity contribution in [3.8, 4) is 5.75 Å². The second kappa shape index (κ2) is 7.38. The molecule has 1 aliphatic rings. The molecule has 1 fully saturated rings. The molecule has 0 aliphatic carbocycles. The predicted octanol–water partition coefficient (Wildman–Crippen LogP) is 1.30. The number of carbonyl (C=O) groups excluding carboxylic acids is 1. The smallest absolute Gasteiger partial charge is 0.328 e. The molecule has 0 bridgehead atoms. The lowest BCUT2D eigenvalue weighted by Crippen LogP contribution is -2.33. The van der Waals surface area contributed by atoms with Crippen LogP contribution >= 0.6 is 0 Å². The van der Waals surface area contributed by atoms with Crippen molar-refractivity contribution in [2.75, 3.05) is 13.7 Å². The van der Waals surface area contributed by atoms with Gasteiger partial charge in [0.25, 0.3) is 5.56 Å². The fraction of sp³-hybridized carbons (Fsp3) is 0.389. The molecule has 25 heavy (non-hydrogen) atoms. The van der Waals surface area contributed by atoms with Crippen molar-refractivity contribution in [1.82, 2.24) is 14.5 Å². The maximum Gasteiger partial charge on any atom is 0.328 e. The maximum absolute atomic E-state index is 12.6. The average Bonchev–Trinajstić information content (AvgIpc) is 3.10. The van der Waals surface area contributed by atoms with E-state index < -0.39 is 11.2 Å². The third-order valence-electron chi connectivity index (χ3n) is 4.52. The van der Waals surface area contributed by atoms with Crippen molar-refractivity contribution < 1.29 is 9.53 Å². The normalized spacial score (nSPS) is 16.8. The molecule has 7 heteroatoms. The number of hydrogen-bond donors (Lipinski definition) is 1. The first-order valence-corrected chi connectivity index (χ1v) is 8.31. The Morgan fingerprint density at radius 2 is 2.16 bits per heavy atom. The summed E-state index contributed by atoms with van der Waals surface area (Å²) >= 11 is 0. The number of nitrogens with one attached hydrogen (secondary N) is 1. The van der Waals surface area contributed by atoms with Crippen LogP contribution in [0.15, 0.2) is 46.1 Å². The molecule has 1 aromatic carbocycles. The zero-order valence-electron chi connectivity index (χ0n) is 14.1. The van der Waals surface area contributed by atoms with Crippen LogP contribution in [-0.4, -0.2) is 34.0 Å². The minimum Gasteiger partial charge on any atom is -0.497 e. The van der Waals surface area contributed by atoms with E-state index in [0.29, 0.717) is 6.54 Å². The number of aromatic amines is 1. The Hall–Kier alpha value is -2.83. The van der Waals surface area contributed by atoms with Crippen molar-refractivity contribution in [3.63, 3.8) is 0 Å². The quantitative estimate of drug-likeness (QED) is 0.887. The Balaban J connectivity index is 1.70. The summed E-state index contributed by atoms with van der Waals surface area (Å²) in [7, 11) is 1.62. The third kappa shape index (κ3) is 3.81. The predicted molar refractivity (Wildman–Crippen MR) is 92.6 cm³/mol. The van der Waals surface area contributed by atoms with E-state index in [1.54, 1.807) is 7.11 Å². The number of benzene rings is 1. The number of amides is 1. The van der Waals surface area contributed by atoms with Crippen LogP contribution in [0, 0.1) is 0 Å². The lowest BCUT2D eigenvalue weighted by molar-refractivity contribution is -0.132. The van der Waals surface area contributed by atoms with Crippen LogP contribution < -0.4 is 16.0 Å². The van der Waals surface area contributed by atoms with Gasteiger partial charge in [-0.15, -0.1) is 0 Å². The number of rotatable bonds is 5. The maximum atomic E-state index is 12.6. The van der Waals surface area contributed by atoms with E-state index in [4.69, 9.17) is 4.74 Å². The molecule has 7 nitrogen and oxygen atoms in total. The fourth-order valence-electron chi connectivity index (χ4n) is 3.24. The molecule has 1 saturated heterocycles. The minimum atomic E-state index is -0.494. The number of ether oxygens (including phenoxy) is 1. The molecule has 0 unspecified atom stereocenters. The van der Waals surface area contributed by atoms with Crippen LogP contribution in [0.5, 0.6) is 5.75 Å². The monoisotopic (exact) mass is 343 g/mol. The number of aromatic nitrogens is 2. The van der Waals surface area contributed by atoms with E-state index in [1.807, 2.05) is 29.2 Å². The molecule has 0 radical (unpaired) electrons. The molecule has 1 aromatic heterocycles. The molecule has 1 atom stereocenters. The molecular weight excluding hydrogens is 322 g/mol. The summed E-state index contributed by atoms with van der Waals surface area (Å²) in [4.78, 5) is 39.5. The highest BCUT2D eigenvalue weighted by Crippen LogP contribution is 2.33. The number of likely N-dealkylation sites (tertiary alicyclic amines) is 1. The van der Waals surface area contributed by atoms with Crippen molar-refractivity contribution in [2.45, 2.75) is 31.8 Å². The first kappa shape index (κ1) is 17.0. The van der Waals surface area contributed by atoms with Crippen LogP contribution in [0.2, 0.25) is 0 Å². The van der Waals surface area contributed by atoms with Crippen LogP contribution in [0.4, 0.5) is 0 Å². The van der Waals surface area contributed by atoms with Gasteiger partial charge in [0.2, 0.25) is 5.91 Å². The topological polar surface area (TPSA) is 84.4 Å². The van der Waals surface area contributed by atoms with E-state index in [-0.39, 0.29) is 24.9 Å². The number of methoxy groups -OCH3 is 1. The van der Waals surface area contributed by atoms with Gasteiger partial charge in [-0.25, -0.2) is 4.79 Å². The molecule has 1 N–H and O–H groups in total. The van der Waals surface area contributed by atoms with Crippen LogP contribution in [0.25, 0.3) is 0 Å². The van der Waals surface area contributed by atoms with Gasteiger partial charge < -0.3 is 14.2 Å². The first-order valence-electron chi connectivity index (χ1n) is 8.31. The van der Waals surface area contributed by atoms with Gasteiger partial charge in [-0.1, -0.05) is 12.1 Å². The highest BCUT2D eigenvalue weighted by Gasteiger charge is 2.29. The molecule has 0 saturated carbocycles. The van der Waals surface area contributed by atoms with Gasteiger partial charge in [-0.2, -0.15) is 0 Å². The van der Waals surface area contributed by atoms with E-state index in [2.05, 4.69) is 4.98 Å². The van der Waals surface area contributed by atoms with Gasteiger partial charge in [0, 0.05) is 31.8 Å². The van der Waals surface area contributed by atoms with Gasteiger partial charge >= 0.3 is 5.69 Å². The second-order valence-corrected chi connectivity index (χ2v) is 6.08. The summed E-state index contributed by atoms with van der Waals surface area (Å²) in [6.07, 6.45) is 3.49. The second-order valence-electron chi connectivity index (χ2n) is 6.08. The van der Waals surface area contributed by atoms with Crippen molar-refractivity contribution in [3.05, 3.63) is 62.9 Å². The van der Waals surface area contributed by atoms with E-state index in [9.17, 15) is 14.4 Å². The molecular formula is C18H21N3O4. The van der Waals surface area contributed by atoms with Crippen molar-refractivity contribution in [2.24, 2.45) is 0 Å². The molecule has 2 aromatic rings. The summed E-state index contributed by atoms with van der Waals surface area (Å²) in [6.45, 7) is 0.955. The zero-order chi connectivity index (χ0) is 17.8. The first-order chi connectivity index (χ1) is 12.1. The molecule has 0 spiro atoms. The van der Waals surface area contributed by atoms with E-state index >= 15 is 0 Å². The summed E-state index contributed by atoms with van der Waals surface area (Å²) in [5.74, 6) is 0.778. The molecule has 132 valence electrons. The summed E-state index contributed by atoms with van der Waals surface area (Å²) in [5.41, 5.74) is 0.127. The Bertz CT molecular complexity index is 871. The molecule has 2 heterocycles. The van der Waals surface area contributed by atoms with Gasteiger partial charge in [0.1, 0.15) is 5.75 Å². The Morgan fingerprint density at radius 1 is 1.32 bits per heavy atom. The molecule has 3 rings (SSSR count). The highest BCUT2D eigenvalue weighted by molar-refractivity contribution is 5.77. The third-order valence-corrected chi connectivity index (χ3v) is 4.52. The average molecular weight is 343 g/mol. The molecule has 1 amide bonds. The van der Waals surface area contributed by atoms with Gasteiger partial charge in [-0.05, 0) is 30.5 Å². The van der Waals surface area contributed by atoms with Gasteiger partial charge in [0.05, 0.1) is 13.2 Å². The van der Waals surface area contributed by atoms with E-state index in [1.165, 1.54) is 16.8 Å². The summed E-state index contributed by atoms with van der Waals surface area (Å²) in [5, 5.41) is 0. The number of hydrogen-bond acceptors (Lipinski definition) is 4. The number of aryl methyl sites for hydroxylation is 1. The Labute approximate surface area is 144 Å². The lowest BCUT2D eigenvalue weighted by atomic mass is 10.0. The van der Waals surface area contributed by atoms with Crippen molar-refractivity contribution >= 4 is 5.91 Å². The standard InChI is InChI=1S/C18H21N3O4/c1-25-14-5-2-4-13(12-14)15-6-3-9-21(15)17(23)8-11-20-10-7-16(22)19-18(20)24/h2,4-5,7,10,12,15H,3,6,8-9,11H2,1H3,(H,19,22,24)/t15-/m1/s1. The van der Waals surface area contributed by atoms with Crippen LogP contribution in [0.3, 0.4) is 0 Å². The number of carbonyl (C=O) groups is 1. The van der Waals surface area contributed by atoms with Crippen LogP contribution in [0.1, 0.15) is 30.9 Å². The SMILES string of the molecule is COc1cccc([C@H]2CCCN2C(=O)CCn2ccc(=O)[nH]c2=O)c1. The van der Waals surface area contributed by atoms with E-state index in [0.717, 1.165) is 24.2 Å². The zero-order valence-corrected chi connectivity index (χ0v) is 14.1. The fourth-order valence-corrected chi connectivity index (χ4v) is 3.24. The highest BCUT2D eigenvalue weighted by atomic mass is 16.5. The van der Waals surface area contributed by atoms with Crippen molar-refractivity contribution in [1.29, 1.82) is 0 Å². The molecule has 1 aliphatic heterocycles. The number of H-pyrrole nitrogens is 1. The largest absolute Gasteiger partial charge is 0.497 e. The lowest BCUT2D eigenvalue weighted by Gasteiger charge is -2.25. The van der Waals surface area contributed by atoms with Crippen LogP contribution in [-0.2, 0) is 11.3 Å². The number of nitrogens with zero attached hydrogens (tertiary/aromatic N) is 2. The minimum absolute atomic E-state index is 0.00317. The Morgan fingerprint density at radius 3 is 2.92 bits per heavy atom. The Kier molecular flexibility index (Phi) is 5.02.